The average Bonchev–Trinajstić information content (AvgIpc) is 2.74. The molecule has 0 spiro atoms. The Bertz CT molecular complexity index is 710. The zero-order valence-electron chi connectivity index (χ0n) is 15.7. The van der Waals surface area contributed by atoms with Crippen LogP contribution in [-0.4, -0.2) is 50.3 Å². The first kappa shape index (κ1) is 19.4. The van der Waals surface area contributed by atoms with E-state index in [0.717, 1.165) is 11.2 Å². The van der Waals surface area contributed by atoms with Crippen LogP contribution in [0.5, 0.6) is 0 Å². The topological polar surface area (TPSA) is 46.2 Å². The van der Waals surface area contributed by atoms with E-state index in [2.05, 4.69) is 24.3 Å². The van der Waals surface area contributed by atoms with Gasteiger partial charge in [0.1, 0.15) is 0 Å². The van der Waals surface area contributed by atoms with Crippen LogP contribution in [0.15, 0.2) is 60.7 Å². The van der Waals surface area contributed by atoms with Crippen molar-refractivity contribution in [3.05, 3.63) is 60.7 Å². The van der Waals surface area contributed by atoms with Gasteiger partial charge in [0.15, 0.2) is 0 Å². The number of methoxy groups -OCH3 is 2. The van der Waals surface area contributed by atoms with Crippen molar-refractivity contribution in [2.24, 2.45) is 0 Å². The molecular weight excluding hydrogens is 364 g/mol. The molecule has 2 atom stereocenters. The van der Waals surface area contributed by atoms with Crippen molar-refractivity contribution in [1.82, 2.24) is 0 Å². The first-order valence-corrected chi connectivity index (χ1v) is 13.6. The first-order chi connectivity index (χ1) is 12.6. The smallest absolute Gasteiger partial charge is 0.391 e. The van der Waals surface area contributed by atoms with E-state index in [-0.39, 0.29) is 0 Å². The van der Waals surface area contributed by atoms with Crippen LogP contribution in [0.4, 0.5) is 0 Å². The molecule has 0 aliphatic carbocycles. The molecule has 1 aliphatic heterocycles. The normalized spacial score (nSPS) is 28.0. The molecular formula is C19H26O5Si2. The van der Waals surface area contributed by atoms with Gasteiger partial charge in [-0.1, -0.05) is 60.7 Å². The Kier molecular flexibility index (Phi) is 5.78. The van der Waals surface area contributed by atoms with Crippen molar-refractivity contribution in [2.75, 3.05) is 28.4 Å². The summed E-state index contributed by atoms with van der Waals surface area (Å²) in [6.45, 7) is 0. The van der Waals surface area contributed by atoms with Crippen LogP contribution in [0.3, 0.4) is 0 Å². The second-order valence-corrected chi connectivity index (χ2v) is 16.2. The van der Waals surface area contributed by atoms with Gasteiger partial charge in [-0.3, -0.25) is 0 Å². The maximum Gasteiger partial charge on any atom is 0.391 e. The van der Waals surface area contributed by atoms with Gasteiger partial charge in [0.25, 0.3) is 13.8 Å². The summed E-state index contributed by atoms with van der Waals surface area (Å²) in [5, 5.41) is 2.19. The van der Waals surface area contributed by atoms with Crippen LogP contribution in [-0.2, 0) is 22.8 Å². The molecule has 0 amide bonds. The van der Waals surface area contributed by atoms with Crippen LogP contribution >= 0.6 is 0 Å². The minimum absolute atomic E-state index is 0.583. The van der Waals surface area contributed by atoms with E-state index in [4.69, 9.17) is 22.8 Å². The lowest BCUT2D eigenvalue weighted by atomic mass is 10.4. The van der Waals surface area contributed by atoms with Gasteiger partial charge in [0, 0.05) is 34.9 Å². The third kappa shape index (κ3) is 2.89. The Morgan fingerprint density at radius 3 is 1.77 bits per heavy atom. The number of benzene rings is 2. The van der Waals surface area contributed by atoms with E-state index in [1.165, 1.54) is 5.19 Å². The van der Waals surface area contributed by atoms with Crippen LogP contribution in [0.25, 0.3) is 0 Å². The Labute approximate surface area is 157 Å². The summed E-state index contributed by atoms with van der Waals surface area (Å²) in [5.74, 6) is -1.12. The molecule has 2 unspecified atom stereocenters. The molecule has 1 heterocycles. The van der Waals surface area contributed by atoms with Crippen molar-refractivity contribution >= 4 is 26.3 Å². The first-order valence-electron chi connectivity index (χ1n) is 8.64. The molecule has 3 rings (SSSR count). The molecule has 5 nitrogen and oxygen atoms in total. The van der Waals surface area contributed by atoms with E-state index in [9.17, 15) is 0 Å². The summed E-state index contributed by atoms with van der Waals surface area (Å²) in [5.41, 5.74) is 0. The van der Waals surface area contributed by atoms with Crippen molar-refractivity contribution in [3.63, 3.8) is 0 Å². The largest absolute Gasteiger partial charge is 0.412 e. The summed E-state index contributed by atoms with van der Waals surface area (Å²) in [6.07, 6.45) is 0.583. The van der Waals surface area contributed by atoms with E-state index < -0.39 is 21.9 Å². The molecule has 2 aromatic rings. The molecule has 7 heteroatoms. The van der Waals surface area contributed by atoms with E-state index in [1.54, 1.807) is 28.4 Å². The summed E-state index contributed by atoms with van der Waals surface area (Å²) in [7, 11) is 0.994. The minimum Gasteiger partial charge on any atom is -0.412 e. The molecule has 2 aromatic carbocycles. The molecule has 0 radical (unpaired) electrons. The number of rotatable bonds is 6. The van der Waals surface area contributed by atoms with Crippen molar-refractivity contribution in [1.29, 1.82) is 0 Å². The van der Waals surface area contributed by atoms with Gasteiger partial charge in [-0.25, -0.2) is 0 Å². The molecule has 26 heavy (non-hydrogen) atoms. The predicted molar refractivity (Wildman–Crippen MR) is 105 cm³/mol. The number of hydrogen-bond donors (Lipinski definition) is 0. The molecule has 0 N–H and O–H groups in total. The molecule has 0 bridgehead atoms. The molecule has 0 aromatic heterocycles. The highest BCUT2D eigenvalue weighted by atomic mass is 29.3. The maximum absolute atomic E-state index is 6.67. The van der Waals surface area contributed by atoms with Gasteiger partial charge < -0.3 is 22.8 Å². The molecule has 1 aliphatic rings. The van der Waals surface area contributed by atoms with Crippen LogP contribution in [0.1, 0.15) is 6.42 Å². The third-order valence-electron chi connectivity index (χ3n) is 5.27. The van der Waals surface area contributed by atoms with E-state index >= 15 is 0 Å². The van der Waals surface area contributed by atoms with Crippen LogP contribution < -0.4 is 10.4 Å². The van der Waals surface area contributed by atoms with Crippen molar-refractivity contribution in [3.8, 4) is 0 Å². The Hall–Kier alpha value is -1.33. The van der Waals surface area contributed by atoms with Gasteiger partial charge >= 0.3 is 8.08 Å². The summed E-state index contributed by atoms with van der Waals surface area (Å²) in [4.78, 5) is 0. The van der Waals surface area contributed by atoms with Gasteiger partial charge in [-0.15, -0.1) is 0 Å². The monoisotopic (exact) mass is 390 g/mol. The molecule has 1 saturated heterocycles. The predicted octanol–water partition coefficient (Wildman–Crippen LogP) is 1.93. The van der Waals surface area contributed by atoms with Crippen LogP contribution in [0.2, 0.25) is 6.04 Å². The maximum atomic E-state index is 6.67. The lowest BCUT2D eigenvalue weighted by molar-refractivity contribution is -0.333. The fourth-order valence-corrected chi connectivity index (χ4v) is 17.4. The third-order valence-corrected chi connectivity index (χ3v) is 18.7. The second kappa shape index (κ2) is 7.73. The molecule has 140 valence electrons. The number of ether oxygens (including phenoxy) is 2. The highest BCUT2D eigenvalue weighted by molar-refractivity contribution is 7.44. The number of hydrogen-bond acceptors (Lipinski definition) is 5. The van der Waals surface area contributed by atoms with Gasteiger partial charge in [0.2, 0.25) is 0 Å². The van der Waals surface area contributed by atoms with Crippen molar-refractivity contribution in [2.45, 2.75) is 18.4 Å². The summed E-state index contributed by atoms with van der Waals surface area (Å²) >= 11 is 0. The highest BCUT2D eigenvalue weighted by Gasteiger charge is 2.70. The standard InChI is InChI=1S/C19H26O5Si2/c1-20-19(21-2)15-16-25(22-3,17-11-7-5-8-12-17)26(23-4,24-19)18-13-9-6-10-14-18/h5-14H,15-16H2,1-4H3. The Morgan fingerprint density at radius 1 is 0.769 bits per heavy atom. The SMILES string of the molecule is COC1(OC)CC[Si](OC)(c2ccccc2)[Si](OC)(c2ccccc2)O1. The lowest BCUT2D eigenvalue weighted by Gasteiger charge is -2.52. The van der Waals surface area contributed by atoms with E-state index in [0.29, 0.717) is 6.42 Å². The van der Waals surface area contributed by atoms with E-state index in [1.807, 2.05) is 36.4 Å². The van der Waals surface area contributed by atoms with Gasteiger partial charge in [0.05, 0.1) is 0 Å². The summed E-state index contributed by atoms with van der Waals surface area (Å²) < 4.78 is 30.6. The van der Waals surface area contributed by atoms with Crippen LogP contribution in [0, 0.1) is 0 Å². The minimum atomic E-state index is -3.06. The van der Waals surface area contributed by atoms with Gasteiger partial charge in [-0.05, 0) is 16.4 Å². The molecule has 1 fully saturated rings. The fraction of sp³-hybridized carbons (Fsp3) is 0.368. The zero-order chi connectivity index (χ0) is 18.7. The molecule has 0 saturated carbocycles. The fourth-order valence-electron chi connectivity index (χ4n) is 3.89. The van der Waals surface area contributed by atoms with Crippen molar-refractivity contribution < 1.29 is 22.8 Å². The summed E-state index contributed by atoms with van der Waals surface area (Å²) in [6, 6.07) is 21.2. The highest BCUT2D eigenvalue weighted by Crippen LogP contribution is 2.40. The second-order valence-electron chi connectivity index (χ2n) is 6.28. The lowest BCUT2D eigenvalue weighted by Crippen LogP contribution is -2.83. The van der Waals surface area contributed by atoms with Gasteiger partial charge in [-0.2, -0.15) is 0 Å². The Balaban J connectivity index is 2.25. The Morgan fingerprint density at radius 2 is 1.31 bits per heavy atom. The average molecular weight is 391 g/mol. The quantitative estimate of drug-likeness (QED) is 0.557. The zero-order valence-corrected chi connectivity index (χ0v) is 17.7.